The van der Waals surface area contributed by atoms with Crippen LogP contribution < -0.4 is 5.32 Å². The lowest BCUT2D eigenvalue weighted by atomic mass is 10.0. The molecule has 0 aliphatic rings. The van der Waals surface area contributed by atoms with Crippen molar-refractivity contribution in [1.82, 2.24) is 5.32 Å². The van der Waals surface area contributed by atoms with Crippen molar-refractivity contribution in [2.75, 3.05) is 5.75 Å². The number of aromatic carboxylic acids is 1. The Balaban J connectivity index is 2.26. The summed E-state index contributed by atoms with van der Waals surface area (Å²) in [5, 5.41) is 12.0. The number of nitrogens with one attached hydrogen (secondary N) is 1. The Morgan fingerprint density at radius 1 is 1.22 bits per heavy atom. The molecule has 1 aromatic carbocycles. The number of amides is 1. The third-order valence-corrected chi connectivity index (χ3v) is 4.51. The fraction of sp³-hybridized carbons (Fsp3) is 0.556. The standard InChI is InChI=1S/C18H27NO3S/c1-13(2)6-4-7-14(3)19-17(20)12-23-11-15-8-5-9-16(10-15)18(21)22/h5,8-10,13-14H,4,6-7,11-12H2,1-3H3,(H,19,20)(H,21,22). The van der Waals surface area contributed by atoms with Gasteiger partial charge < -0.3 is 10.4 Å². The lowest BCUT2D eigenvalue weighted by Gasteiger charge is -2.14. The molecule has 0 spiro atoms. The van der Waals surface area contributed by atoms with Crippen LogP contribution in [0.15, 0.2) is 24.3 Å². The molecule has 1 rings (SSSR count). The van der Waals surface area contributed by atoms with Crippen molar-refractivity contribution < 1.29 is 14.7 Å². The van der Waals surface area contributed by atoms with Gasteiger partial charge in [-0.3, -0.25) is 4.79 Å². The zero-order valence-electron chi connectivity index (χ0n) is 14.2. The van der Waals surface area contributed by atoms with Gasteiger partial charge in [0.15, 0.2) is 0 Å². The molecule has 0 fully saturated rings. The summed E-state index contributed by atoms with van der Waals surface area (Å²) in [5.41, 5.74) is 1.21. The Hall–Kier alpha value is -1.49. The van der Waals surface area contributed by atoms with Gasteiger partial charge >= 0.3 is 5.97 Å². The summed E-state index contributed by atoms with van der Waals surface area (Å²) in [5.74, 6) is 0.850. The van der Waals surface area contributed by atoms with Gasteiger partial charge in [0.05, 0.1) is 11.3 Å². The molecule has 128 valence electrons. The zero-order chi connectivity index (χ0) is 17.2. The minimum Gasteiger partial charge on any atom is -0.478 e. The number of hydrogen-bond acceptors (Lipinski definition) is 3. The van der Waals surface area contributed by atoms with Crippen LogP contribution in [0.5, 0.6) is 0 Å². The lowest BCUT2D eigenvalue weighted by molar-refractivity contribution is -0.119. The van der Waals surface area contributed by atoms with E-state index >= 15 is 0 Å². The van der Waals surface area contributed by atoms with Crippen molar-refractivity contribution in [2.24, 2.45) is 5.92 Å². The molecule has 1 amide bonds. The van der Waals surface area contributed by atoms with Gasteiger partial charge in [0.2, 0.25) is 5.91 Å². The van der Waals surface area contributed by atoms with Crippen molar-refractivity contribution in [3.8, 4) is 0 Å². The highest BCUT2D eigenvalue weighted by molar-refractivity contribution is 7.99. The predicted octanol–water partition coefficient (Wildman–Crippen LogP) is 3.95. The second kappa shape index (κ2) is 10.3. The van der Waals surface area contributed by atoms with Crippen LogP contribution in [0.3, 0.4) is 0 Å². The summed E-state index contributed by atoms with van der Waals surface area (Å²) in [4.78, 5) is 22.8. The highest BCUT2D eigenvalue weighted by Crippen LogP contribution is 2.14. The Bertz CT molecular complexity index is 517. The van der Waals surface area contributed by atoms with Crippen LogP contribution in [0.1, 0.15) is 56.0 Å². The number of rotatable bonds is 10. The van der Waals surface area contributed by atoms with E-state index in [4.69, 9.17) is 5.11 Å². The normalized spacial score (nSPS) is 12.2. The molecule has 0 saturated heterocycles. The molecular weight excluding hydrogens is 310 g/mol. The summed E-state index contributed by atoms with van der Waals surface area (Å²) < 4.78 is 0. The molecule has 2 N–H and O–H groups in total. The van der Waals surface area contributed by atoms with E-state index in [-0.39, 0.29) is 17.5 Å². The summed E-state index contributed by atoms with van der Waals surface area (Å²) in [7, 11) is 0. The van der Waals surface area contributed by atoms with Gasteiger partial charge in [-0.1, -0.05) is 38.8 Å². The molecular formula is C18H27NO3S. The highest BCUT2D eigenvalue weighted by atomic mass is 32.2. The second-order valence-corrected chi connectivity index (χ2v) is 7.28. The third-order valence-electron chi connectivity index (χ3n) is 3.50. The summed E-state index contributed by atoms with van der Waals surface area (Å²) in [6.45, 7) is 6.46. The van der Waals surface area contributed by atoms with Crippen LogP contribution in [0.2, 0.25) is 0 Å². The zero-order valence-corrected chi connectivity index (χ0v) is 15.0. The summed E-state index contributed by atoms with van der Waals surface area (Å²) in [6, 6.07) is 7.04. The van der Waals surface area contributed by atoms with Crippen LogP contribution in [0.25, 0.3) is 0 Å². The van der Waals surface area contributed by atoms with Crippen LogP contribution in [-0.4, -0.2) is 28.8 Å². The van der Waals surface area contributed by atoms with Gasteiger partial charge in [0.25, 0.3) is 0 Å². The molecule has 0 radical (unpaired) electrons. The molecule has 1 unspecified atom stereocenters. The van der Waals surface area contributed by atoms with Gasteiger partial charge in [-0.05, 0) is 37.0 Å². The van der Waals surface area contributed by atoms with Gasteiger partial charge in [-0.15, -0.1) is 11.8 Å². The van der Waals surface area contributed by atoms with E-state index in [2.05, 4.69) is 19.2 Å². The summed E-state index contributed by atoms with van der Waals surface area (Å²) >= 11 is 1.50. The first kappa shape index (κ1) is 19.6. The van der Waals surface area contributed by atoms with Gasteiger partial charge in [-0.2, -0.15) is 0 Å². The van der Waals surface area contributed by atoms with E-state index in [0.29, 0.717) is 17.4 Å². The average Bonchev–Trinajstić information content (AvgIpc) is 2.47. The Kier molecular flexibility index (Phi) is 8.77. The minimum atomic E-state index is -0.926. The third kappa shape index (κ3) is 8.65. The van der Waals surface area contributed by atoms with E-state index in [0.717, 1.165) is 18.4 Å². The van der Waals surface area contributed by atoms with E-state index in [1.807, 2.05) is 13.0 Å². The Morgan fingerprint density at radius 2 is 1.96 bits per heavy atom. The smallest absolute Gasteiger partial charge is 0.335 e. The molecule has 0 aromatic heterocycles. The van der Waals surface area contributed by atoms with Crippen molar-refractivity contribution in [1.29, 1.82) is 0 Å². The molecule has 5 heteroatoms. The molecule has 0 saturated carbocycles. The second-order valence-electron chi connectivity index (χ2n) is 6.29. The maximum absolute atomic E-state index is 11.9. The largest absolute Gasteiger partial charge is 0.478 e. The monoisotopic (exact) mass is 337 g/mol. The molecule has 0 bridgehead atoms. The molecule has 0 aliphatic heterocycles. The van der Waals surface area contributed by atoms with E-state index in [1.165, 1.54) is 18.2 Å². The minimum absolute atomic E-state index is 0.0430. The summed E-state index contributed by atoms with van der Waals surface area (Å²) in [6.07, 6.45) is 3.33. The van der Waals surface area contributed by atoms with E-state index in [9.17, 15) is 9.59 Å². The maximum Gasteiger partial charge on any atom is 0.335 e. The van der Waals surface area contributed by atoms with Crippen LogP contribution in [0, 0.1) is 5.92 Å². The van der Waals surface area contributed by atoms with Crippen molar-refractivity contribution in [2.45, 2.75) is 51.8 Å². The van der Waals surface area contributed by atoms with Gasteiger partial charge in [0.1, 0.15) is 0 Å². The number of carboxylic acids is 1. The first-order valence-corrected chi connectivity index (χ1v) is 9.23. The number of hydrogen-bond donors (Lipinski definition) is 2. The fourth-order valence-electron chi connectivity index (χ4n) is 2.28. The van der Waals surface area contributed by atoms with Crippen LogP contribution >= 0.6 is 11.8 Å². The topological polar surface area (TPSA) is 66.4 Å². The lowest BCUT2D eigenvalue weighted by Crippen LogP contribution is -2.33. The molecule has 23 heavy (non-hydrogen) atoms. The first-order valence-electron chi connectivity index (χ1n) is 8.07. The molecule has 0 heterocycles. The fourth-order valence-corrected chi connectivity index (χ4v) is 3.06. The molecule has 1 atom stereocenters. The maximum atomic E-state index is 11.9. The number of benzene rings is 1. The first-order chi connectivity index (χ1) is 10.9. The van der Waals surface area contributed by atoms with Gasteiger partial charge in [0, 0.05) is 11.8 Å². The predicted molar refractivity (Wildman–Crippen MR) is 95.9 cm³/mol. The number of carbonyl (C=O) groups excluding carboxylic acids is 1. The molecule has 0 aliphatic carbocycles. The average molecular weight is 337 g/mol. The Morgan fingerprint density at radius 3 is 2.61 bits per heavy atom. The van der Waals surface area contributed by atoms with E-state index in [1.54, 1.807) is 18.2 Å². The SMILES string of the molecule is CC(C)CCCC(C)NC(=O)CSCc1cccc(C(=O)O)c1. The highest BCUT2D eigenvalue weighted by Gasteiger charge is 2.08. The molecule has 1 aromatic rings. The van der Waals surface area contributed by atoms with Crippen LogP contribution in [-0.2, 0) is 10.5 Å². The number of thioether (sulfide) groups is 1. The number of carboxylic acid groups (broad SMARTS) is 1. The van der Waals surface area contributed by atoms with E-state index < -0.39 is 5.97 Å². The van der Waals surface area contributed by atoms with Crippen molar-refractivity contribution in [3.63, 3.8) is 0 Å². The quantitative estimate of drug-likeness (QED) is 0.678. The number of carbonyl (C=O) groups is 2. The van der Waals surface area contributed by atoms with Crippen molar-refractivity contribution in [3.05, 3.63) is 35.4 Å². The molecule has 4 nitrogen and oxygen atoms in total. The Labute approximate surface area is 143 Å². The van der Waals surface area contributed by atoms with Crippen molar-refractivity contribution >= 4 is 23.6 Å². The van der Waals surface area contributed by atoms with Gasteiger partial charge in [-0.25, -0.2) is 4.79 Å². The van der Waals surface area contributed by atoms with Crippen LogP contribution in [0.4, 0.5) is 0 Å².